The van der Waals surface area contributed by atoms with Gasteiger partial charge in [0.25, 0.3) is 0 Å². The van der Waals surface area contributed by atoms with Gasteiger partial charge >= 0.3 is 0 Å². The lowest BCUT2D eigenvalue weighted by atomic mass is 9.81. The van der Waals surface area contributed by atoms with Crippen LogP contribution in [-0.4, -0.2) is 5.11 Å². The molecular weight excluding hydrogens is 220 g/mol. The van der Waals surface area contributed by atoms with E-state index in [4.69, 9.17) is 0 Å². The van der Waals surface area contributed by atoms with Crippen molar-refractivity contribution in [2.75, 3.05) is 0 Å². The first kappa shape index (κ1) is 13.6. The molecule has 1 aromatic carbocycles. The molecule has 2 rings (SSSR count). The normalized spacial score (nSPS) is 19.1. The monoisotopic (exact) mass is 246 g/mol. The maximum absolute atomic E-state index is 10.4. The van der Waals surface area contributed by atoms with Gasteiger partial charge in [-0.15, -0.1) is 0 Å². The zero-order chi connectivity index (χ0) is 13.2. The van der Waals surface area contributed by atoms with Crippen LogP contribution < -0.4 is 0 Å². The maximum Gasteiger partial charge on any atom is 0.0818 e. The predicted molar refractivity (Wildman–Crippen MR) is 76.7 cm³/mol. The molecule has 0 radical (unpaired) electrons. The largest absolute Gasteiger partial charge is 0.388 e. The van der Waals surface area contributed by atoms with Crippen molar-refractivity contribution in [2.45, 2.75) is 64.4 Å². The minimum Gasteiger partial charge on any atom is -0.388 e. The van der Waals surface area contributed by atoms with Crippen LogP contribution in [0.1, 0.15) is 70.1 Å². The highest BCUT2D eigenvalue weighted by atomic mass is 16.3. The molecule has 100 valence electrons. The molecule has 1 saturated carbocycles. The van der Waals surface area contributed by atoms with Gasteiger partial charge in [-0.3, -0.25) is 0 Å². The van der Waals surface area contributed by atoms with E-state index >= 15 is 0 Å². The first-order valence-electron chi connectivity index (χ1n) is 7.33. The molecule has 0 heterocycles. The summed E-state index contributed by atoms with van der Waals surface area (Å²) in [5.41, 5.74) is 2.70. The topological polar surface area (TPSA) is 20.2 Å². The first-order valence-corrected chi connectivity index (χ1v) is 7.33. The van der Waals surface area contributed by atoms with E-state index in [0.717, 1.165) is 12.0 Å². The summed E-state index contributed by atoms with van der Waals surface area (Å²) in [6, 6.07) is 8.62. The number of aliphatic hydroxyl groups excluding tert-OH is 1. The highest BCUT2D eigenvalue weighted by Gasteiger charge is 2.25. The van der Waals surface area contributed by atoms with E-state index in [2.05, 4.69) is 45.0 Å². The second-order valence-corrected chi connectivity index (χ2v) is 6.35. The summed E-state index contributed by atoms with van der Waals surface area (Å²) in [4.78, 5) is 0. The summed E-state index contributed by atoms with van der Waals surface area (Å²) in [7, 11) is 0. The van der Waals surface area contributed by atoms with Crippen molar-refractivity contribution >= 4 is 0 Å². The van der Waals surface area contributed by atoms with Crippen LogP contribution in [0.4, 0.5) is 0 Å². The second kappa shape index (κ2) is 5.44. The van der Waals surface area contributed by atoms with Crippen molar-refractivity contribution in [3.63, 3.8) is 0 Å². The molecule has 1 fully saturated rings. The van der Waals surface area contributed by atoms with Crippen molar-refractivity contribution in [3.05, 3.63) is 35.4 Å². The minimum atomic E-state index is -0.258. The predicted octanol–water partition coefficient (Wildman–Crippen LogP) is 4.60. The van der Waals surface area contributed by atoms with E-state index in [0.29, 0.717) is 5.92 Å². The van der Waals surface area contributed by atoms with Crippen LogP contribution in [-0.2, 0) is 5.41 Å². The third-order valence-electron chi connectivity index (χ3n) is 4.76. The van der Waals surface area contributed by atoms with E-state index in [9.17, 15) is 5.11 Å². The van der Waals surface area contributed by atoms with Gasteiger partial charge in [0.1, 0.15) is 0 Å². The summed E-state index contributed by atoms with van der Waals surface area (Å²) in [6.07, 6.45) is 5.81. The van der Waals surface area contributed by atoms with Crippen molar-refractivity contribution < 1.29 is 5.11 Å². The Bertz CT molecular complexity index is 371. The third kappa shape index (κ3) is 2.77. The lowest BCUT2D eigenvalue weighted by molar-refractivity contribution is 0.111. The van der Waals surface area contributed by atoms with Crippen LogP contribution in [0.2, 0.25) is 0 Å². The number of benzene rings is 1. The molecule has 1 unspecified atom stereocenters. The summed E-state index contributed by atoms with van der Waals surface area (Å²) < 4.78 is 0. The fourth-order valence-corrected chi connectivity index (χ4v) is 2.88. The number of aliphatic hydroxyl groups is 1. The van der Waals surface area contributed by atoms with Gasteiger partial charge < -0.3 is 5.11 Å². The molecule has 1 aromatic rings. The Kier molecular flexibility index (Phi) is 4.11. The Labute approximate surface area is 111 Å². The van der Waals surface area contributed by atoms with E-state index in [1.165, 1.54) is 31.2 Å². The number of rotatable bonds is 4. The first-order chi connectivity index (χ1) is 8.54. The molecule has 1 aliphatic carbocycles. The van der Waals surface area contributed by atoms with Gasteiger partial charge in [0.2, 0.25) is 0 Å². The average Bonchev–Trinajstić information content (AvgIpc) is 2.92. The number of hydrogen-bond donors (Lipinski definition) is 1. The van der Waals surface area contributed by atoms with Crippen molar-refractivity contribution in [1.29, 1.82) is 0 Å². The van der Waals surface area contributed by atoms with Gasteiger partial charge in [-0.2, -0.15) is 0 Å². The Balaban J connectivity index is 2.12. The lowest BCUT2D eigenvalue weighted by Gasteiger charge is -2.24. The Morgan fingerprint density at radius 1 is 1.17 bits per heavy atom. The molecular formula is C17H26O. The standard InChI is InChI=1S/C17H26O/c1-4-17(2,3)15-11-9-14(10-12-15)16(18)13-7-5-6-8-13/h9-13,16,18H,4-8H2,1-3H3. The Morgan fingerprint density at radius 3 is 2.22 bits per heavy atom. The van der Waals surface area contributed by atoms with Gasteiger partial charge in [0, 0.05) is 0 Å². The molecule has 1 nitrogen and oxygen atoms in total. The SMILES string of the molecule is CCC(C)(C)c1ccc(C(O)C2CCCC2)cc1. The van der Waals surface area contributed by atoms with Crippen LogP contribution in [0, 0.1) is 5.92 Å². The third-order valence-corrected chi connectivity index (χ3v) is 4.76. The van der Waals surface area contributed by atoms with Crippen molar-refractivity contribution in [2.24, 2.45) is 5.92 Å². The molecule has 0 aromatic heterocycles. The van der Waals surface area contributed by atoms with Gasteiger partial charge in [0.15, 0.2) is 0 Å². The molecule has 1 N–H and O–H groups in total. The minimum absolute atomic E-state index is 0.233. The van der Waals surface area contributed by atoms with Gasteiger partial charge in [-0.25, -0.2) is 0 Å². The summed E-state index contributed by atoms with van der Waals surface area (Å²) in [5.74, 6) is 0.482. The number of hydrogen-bond acceptors (Lipinski definition) is 1. The summed E-state index contributed by atoms with van der Waals surface area (Å²) in [6.45, 7) is 6.77. The maximum atomic E-state index is 10.4. The van der Waals surface area contributed by atoms with Crippen LogP contribution in [0.25, 0.3) is 0 Å². The highest BCUT2D eigenvalue weighted by molar-refractivity contribution is 5.29. The molecule has 0 spiro atoms. The Morgan fingerprint density at radius 2 is 1.72 bits per heavy atom. The van der Waals surface area contributed by atoms with E-state index in [1.54, 1.807) is 0 Å². The van der Waals surface area contributed by atoms with E-state index in [-0.39, 0.29) is 11.5 Å². The average molecular weight is 246 g/mol. The molecule has 18 heavy (non-hydrogen) atoms. The van der Waals surface area contributed by atoms with E-state index in [1.807, 2.05) is 0 Å². The molecule has 0 aliphatic heterocycles. The smallest absolute Gasteiger partial charge is 0.0818 e. The van der Waals surface area contributed by atoms with Crippen LogP contribution in [0.15, 0.2) is 24.3 Å². The molecule has 0 saturated heterocycles. The summed E-state index contributed by atoms with van der Waals surface area (Å²) >= 11 is 0. The van der Waals surface area contributed by atoms with Crippen LogP contribution >= 0.6 is 0 Å². The highest BCUT2D eigenvalue weighted by Crippen LogP contribution is 2.36. The molecule has 1 heteroatoms. The fourth-order valence-electron chi connectivity index (χ4n) is 2.88. The van der Waals surface area contributed by atoms with Gasteiger partial charge in [-0.1, -0.05) is 57.9 Å². The zero-order valence-corrected chi connectivity index (χ0v) is 11.9. The Hall–Kier alpha value is -0.820. The van der Waals surface area contributed by atoms with E-state index < -0.39 is 0 Å². The molecule has 1 aliphatic rings. The quantitative estimate of drug-likeness (QED) is 0.823. The van der Waals surface area contributed by atoms with Crippen LogP contribution in [0.5, 0.6) is 0 Å². The lowest BCUT2D eigenvalue weighted by Crippen LogP contribution is -2.16. The van der Waals surface area contributed by atoms with Gasteiger partial charge in [0.05, 0.1) is 6.10 Å². The van der Waals surface area contributed by atoms with Crippen molar-refractivity contribution in [3.8, 4) is 0 Å². The fraction of sp³-hybridized carbons (Fsp3) is 0.647. The zero-order valence-electron chi connectivity index (χ0n) is 11.9. The van der Waals surface area contributed by atoms with Gasteiger partial charge in [-0.05, 0) is 41.7 Å². The molecule has 0 bridgehead atoms. The van der Waals surface area contributed by atoms with Crippen molar-refractivity contribution in [1.82, 2.24) is 0 Å². The van der Waals surface area contributed by atoms with Crippen LogP contribution in [0.3, 0.4) is 0 Å². The summed E-state index contributed by atoms with van der Waals surface area (Å²) in [5, 5.41) is 10.4. The second-order valence-electron chi connectivity index (χ2n) is 6.35. The molecule has 0 amide bonds. The molecule has 1 atom stereocenters.